The number of primary amides is 1. The van der Waals surface area contributed by atoms with Crippen molar-refractivity contribution >= 4 is 11.9 Å². The Bertz CT molecular complexity index is 637. The minimum Gasteiger partial charge on any atom is -0.481 e. The van der Waals surface area contributed by atoms with Gasteiger partial charge in [0.1, 0.15) is 0 Å². The van der Waals surface area contributed by atoms with Gasteiger partial charge in [-0.15, -0.1) is 0 Å². The first kappa shape index (κ1) is 50.9. The van der Waals surface area contributed by atoms with E-state index in [2.05, 4.69) is 0 Å². The predicted octanol–water partition coefficient (Wildman–Crippen LogP) is 16.5. The summed E-state index contributed by atoms with van der Waals surface area (Å²) in [6, 6.07) is 0. The Hall–Kier alpha value is -1.06. The van der Waals surface area contributed by atoms with Crippen LogP contribution in [0.3, 0.4) is 0 Å². The molecule has 52 heavy (non-hydrogen) atoms. The molecule has 0 atom stereocenters. The number of amides is 1. The highest BCUT2D eigenvalue weighted by atomic mass is 16.4. The fraction of sp³-hybridized carbons (Fsp3) is 0.958. The van der Waals surface area contributed by atoms with E-state index in [1.807, 2.05) is 0 Å². The minimum atomic E-state index is -0.649. The first-order valence-corrected chi connectivity index (χ1v) is 24.1. The number of rotatable bonds is 47. The third kappa shape index (κ3) is 48.9. The van der Waals surface area contributed by atoms with Crippen LogP contribution in [0.15, 0.2) is 0 Å². The average molecular weight is 734 g/mol. The molecular formula is C48H95NO3. The summed E-state index contributed by atoms with van der Waals surface area (Å²) in [6.07, 6.45) is 62.1. The molecule has 0 rings (SSSR count). The lowest BCUT2D eigenvalue weighted by Crippen LogP contribution is -2.09. The lowest BCUT2D eigenvalue weighted by molar-refractivity contribution is -0.137. The van der Waals surface area contributed by atoms with E-state index in [-0.39, 0.29) is 5.91 Å². The number of hydrogen-bond acceptors (Lipinski definition) is 2. The summed E-state index contributed by atoms with van der Waals surface area (Å²) in [6.45, 7) is 0. The summed E-state index contributed by atoms with van der Waals surface area (Å²) in [5, 5.41) is 8.66. The fourth-order valence-corrected chi connectivity index (χ4v) is 8.00. The largest absolute Gasteiger partial charge is 0.481 e. The van der Waals surface area contributed by atoms with Crippen LogP contribution >= 0.6 is 0 Å². The van der Waals surface area contributed by atoms with Crippen LogP contribution in [-0.4, -0.2) is 17.0 Å². The van der Waals surface area contributed by atoms with Gasteiger partial charge in [-0.1, -0.05) is 270 Å². The zero-order valence-electron chi connectivity index (χ0n) is 35.4. The van der Waals surface area contributed by atoms with E-state index < -0.39 is 5.97 Å². The van der Waals surface area contributed by atoms with Crippen molar-refractivity contribution in [2.75, 3.05) is 0 Å². The van der Waals surface area contributed by atoms with Crippen molar-refractivity contribution in [1.82, 2.24) is 0 Å². The number of unbranched alkanes of at least 4 members (excludes halogenated alkanes) is 43. The van der Waals surface area contributed by atoms with Crippen LogP contribution in [0.4, 0.5) is 0 Å². The first-order valence-electron chi connectivity index (χ1n) is 24.1. The third-order valence-corrected chi connectivity index (χ3v) is 11.6. The number of carboxylic acid groups (broad SMARTS) is 1. The third-order valence-electron chi connectivity index (χ3n) is 11.6. The predicted molar refractivity (Wildman–Crippen MR) is 229 cm³/mol. The highest BCUT2D eigenvalue weighted by molar-refractivity contribution is 5.73. The van der Waals surface area contributed by atoms with Crippen molar-refractivity contribution in [2.24, 2.45) is 5.73 Å². The molecule has 0 spiro atoms. The molecule has 1 amide bonds. The standard InChI is InChI=1S/C48H95NO3/c49-47(50)45-43-41-39-37-35-33-31-29-27-25-23-21-19-17-15-13-11-9-7-5-3-1-2-4-6-8-10-12-14-16-18-20-22-24-26-28-30-32-34-36-38-40-42-44-46-48(51)52/h1-46H2,(H2,49,50)(H,51,52). The lowest BCUT2D eigenvalue weighted by Gasteiger charge is -2.05. The first-order chi connectivity index (χ1) is 25.6. The van der Waals surface area contributed by atoms with Crippen molar-refractivity contribution in [3.8, 4) is 0 Å². The Morgan fingerprint density at radius 1 is 0.231 bits per heavy atom. The summed E-state index contributed by atoms with van der Waals surface area (Å²) < 4.78 is 0. The van der Waals surface area contributed by atoms with Gasteiger partial charge < -0.3 is 10.8 Å². The Labute approximate surface area is 326 Å². The molecule has 0 radical (unpaired) electrons. The van der Waals surface area contributed by atoms with Crippen LogP contribution in [0.25, 0.3) is 0 Å². The maximum absolute atomic E-state index is 10.7. The Kier molecular flexibility index (Phi) is 45.2. The minimum absolute atomic E-state index is 0.150. The Morgan fingerprint density at radius 2 is 0.346 bits per heavy atom. The molecule has 0 unspecified atom stereocenters. The van der Waals surface area contributed by atoms with Gasteiger partial charge in [-0.05, 0) is 12.8 Å². The molecule has 0 aromatic carbocycles. The lowest BCUT2D eigenvalue weighted by atomic mass is 10.0. The summed E-state index contributed by atoms with van der Waals surface area (Å²) in [7, 11) is 0. The normalized spacial score (nSPS) is 11.5. The molecule has 0 aliphatic rings. The van der Waals surface area contributed by atoms with Gasteiger partial charge in [-0.3, -0.25) is 9.59 Å². The van der Waals surface area contributed by atoms with Gasteiger partial charge in [-0.2, -0.15) is 0 Å². The molecule has 0 bridgehead atoms. The van der Waals surface area contributed by atoms with E-state index in [0.29, 0.717) is 12.8 Å². The van der Waals surface area contributed by atoms with Crippen molar-refractivity contribution < 1.29 is 14.7 Å². The van der Waals surface area contributed by atoms with Crippen molar-refractivity contribution in [1.29, 1.82) is 0 Å². The quantitative estimate of drug-likeness (QED) is 0.0611. The molecule has 4 heteroatoms. The van der Waals surface area contributed by atoms with E-state index in [9.17, 15) is 9.59 Å². The molecule has 0 aromatic heterocycles. The number of nitrogens with two attached hydrogens (primary N) is 1. The van der Waals surface area contributed by atoms with Crippen LogP contribution in [0.2, 0.25) is 0 Å². The van der Waals surface area contributed by atoms with Crippen LogP contribution in [0, 0.1) is 0 Å². The summed E-state index contributed by atoms with van der Waals surface area (Å²) >= 11 is 0. The van der Waals surface area contributed by atoms with Crippen molar-refractivity contribution in [3.63, 3.8) is 0 Å². The monoisotopic (exact) mass is 734 g/mol. The van der Waals surface area contributed by atoms with E-state index in [4.69, 9.17) is 10.8 Å². The topological polar surface area (TPSA) is 80.4 Å². The smallest absolute Gasteiger partial charge is 0.303 e. The molecule has 0 aliphatic heterocycles. The van der Waals surface area contributed by atoms with Gasteiger partial charge in [0.2, 0.25) is 5.91 Å². The molecule has 0 aromatic rings. The van der Waals surface area contributed by atoms with Gasteiger partial charge in [0.05, 0.1) is 0 Å². The molecule has 0 aliphatic carbocycles. The molecule has 3 N–H and O–H groups in total. The number of carbonyl (C=O) groups is 2. The molecule has 310 valence electrons. The van der Waals surface area contributed by atoms with E-state index in [1.54, 1.807) is 0 Å². The molecule has 0 saturated carbocycles. The molecular weight excluding hydrogens is 639 g/mol. The van der Waals surface area contributed by atoms with Gasteiger partial charge in [0, 0.05) is 12.8 Å². The van der Waals surface area contributed by atoms with Crippen LogP contribution in [0.1, 0.15) is 295 Å². The molecule has 0 heterocycles. The fourth-order valence-electron chi connectivity index (χ4n) is 8.00. The molecule has 4 nitrogen and oxygen atoms in total. The second-order valence-electron chi connectivity index (χ2n) is 16.9. The van der Waals surface area contributed by atoms with E-state index in [0.717, 1.165) is 25.7 Å². The van der Waals surface area contributed by atoms with E-state index in [1.165, 1.54) is 257 Å². The zero-order valence-corrected chi connectivity index (χ0v) is 35.4. The highest BCUT2D eigenvalue weighted by Crippen LogP contribution is 2.18. The van der Waals surface area contributed by atoms with E-state index >= 15 is 0 Å². The van der Waals surface area contributed by atoms with Crippen LogP contribution in [-0.2, 0) is 9.59 Å². The summed E-state index contributed by atoms with van der Waals surface area (Å²) in [5.74, 6) is -0.799. The van der Waals surface area contributed by atoms with Crippen LogP contribution < -0.4 is 5.73 Å². The number of carbonyl (C=O) groups excluding carboxylic acids is 1. The highest BCUT2D eigenvalue weighted by Gasteiger charge is 2.00. The van der Waals surface area contributed by atoms with Crippen LogP contribution in [0.5, 0.6) is 0 Å². The molecule has 0 fully saturated rings. The van der Waals surface area contributed by atoms with Gasteiger partial charge in [0.25, 0.3) is 0 Å². The number of hydrogen-bond donors (Lipinski definition) is 2. The SMILES string of the molecule is NC(=O)CCCCCCCCCCCCCCCCCCCCCCCCCCCCCCCCCCCCCCCCCCCCCCC(=O)O. The summed E-state index contributed by atoms with van der Waals surface area (Å²) in [4.78, 5) is 21.2. The summed E-state index contributed by atoms with van der Waals surface area (Å²) in [5.41, 5.74) is 5.18. The number of aliphatic carboxylic acids is 1. The molecule has 0 saturated heterocycles. The van der Waals surface area contributed by atoms with Crippen molar-refractivity contribution in [3.05, 3.63) is 0 Å². The average Bonchev–Trinajstić information content (AvgIpc) is 3.12. The van der Waals surface area contributed by atoms with Gasteiger partial charge in [0.15, 0.2) is 0 Å². The maximum atomic E-state index is 10.7. The Balaban J connectivity index is 3.06. The van der Waals surface area contributed by atoms with Gasteiger partial charge >= 0.3 is 5.97 Å². The number of carboxylic acids is 1. The second kappa shape index (κ2) is 46.1. The second-order valence-corrected chi connectivity index (χ2v) is 16.9. The van der Waals surface area contributed by atoms with Crippen molar-refractivity contribution in [2.45, 2.75) is 295 Å². The zero-order chi connectivity index (χ0) is 37.7. The van der Waals surface area contributed by atoms with Gasteiger partial charge in [-0.25, -0.2) is 0 Å². The Morgan fingerprint density at radius 3 is 0.462 bits per heavy atom. The maximum Gasteiger partial charge on any atom is 0.303 e.